The first-order chi connectivity index (χ1) is 9.47. The summed E-state index contributed by atoms with van der Waals surface area (Å²) in [5.74, 6) is -0.707. The molecular formula is C13H18N2O4S. The van der Waals surface area contributed by atoms with E-state index in [0.29, 0.717) is 12.3 Å². The van der Waals surface area contributed by atoms with Crippen molar-refractivity contribution in [1.82, 2.24) is 5.32 Å². The zero-order valence-electron chi connectivity index (χ0n) is 11.6. The monoisotopic (exact) mass is 298 g/mol. The van der Waals surface area contributed by atoms with Gasteiger partial charge < -0.3 is 20.5 Å². The lowest BCUT2D eigenvalue weighted by atomic mass is 10.1. The van der Waals surface area contributed by atoms with Crippen LogP contribution in [0, 0.1) is 0 Å². The zero-order valence-corrected chi connectivity index (χ0v) is 12.4. The number of carboxylic acids is 1. The summed E-state index contributed by atoms with van der Waals surface area (Å²) in [6, 6.07) is 4.02. The fourth-order valence-corrected chi connectivity index (χ4v) is 1.67. The van der Waals surface area contributed by atoms with Gasteiger partial charge in [0.2, 0.25) is 0 Å². The molecule has 0 spiro atoms. The maximum atomic E-state index is 11.7. The van der Waals surface area contributed by atoms with Crippen LogP contribution in [0.3, 0.4) is 0 Å². The Hall–Kier alpha value is -1.89. The molecule has 3 N–H and O–H groups in total. The third kappa shape index (κ3) is 4.65. The highest BCUT2D eigenvalue weighted by atomic mass is 32.2. The summed E-state index contributed by atoms with van der Waals surface area (Å²) in [5, 5.41) is 14.6. The molecule has 0 heterocycles. The summed E-state index contributed by atoms with van der Waals surface area (Å²) in [4.78, 5) is 22.9. The predicted octanol–water partition coefficient (Wildman–Crippen LogP) is 2.27. The highest BCUT2D eigenvalue weighted by Gasteiger charge is 2.14. The predicted molar refractivity (Wildman–Crippen MR) is 80.0 cm³/mol. The molecule has 0 aliphatic carbocycles. The summed E-state index contributed by atoms with van der Waals surface area (Å²) in [6.45, 7) is 2.49. The van der Waals surface area contributed by atoms with E-state index < -0.39 is 12.0 Å². The van der Waals surface area contributed by atoms with Crippen LogP contribution < -0.4 is 15.4 Å². The number of carboxylic acid groups (broad SMARTS) is 1. The van der Waals surface area contributed by atoms with Crippen molar-refractivity contribution in [2.45, 2.75) is 12.2 Å². The van der Waals surface area contributed by atoms with Crippen molar-refractivity contribution < 1.29 is 19.4 Å². The van der Waals surface area contributed by atoms with E-state index in [1.165, 1.54) is 19.2 Å². The first-order valence-electron chi connectivity index (χ1n) is 5.97. The minimum atomic E-state index is -1.13. The van der Waals surface area contributed by atoms with Crippen molar-refractivity contribution in [1.29, 1.82) is 0 Å². The van der Waals surface area contributed by atoms with Crippen molar-refractivity contribution in [2.24, 2.45) is 0 Å². The molecule has 1 aromatic carbocycles. The molecule has 0 saturated carbocycles. The summed E-state index contributed by atoms with van der Waals surface area (Å²) in [5.41, 5.74) is 0.213. The molecule has 20 heavy (non-hydrogen) atoms. The lowest BCUT2D eigenvalue weighted by Gasteiger charge is -2.13. The number of benzene rings is 1. The van der Waals surface area contributed by atoms with Gasteiger partial charge in [-0.3, -0.25) is 0 Å². The third-order valence-electron chi connectivity index (χ3n) is 2.66. The lowest BCUT2D eigenvalue weighted by molar-refractivity contribution is 0.0697. The van der Waals surface area contributed by atoms with Gasteiger partial charge in [0.1, 0.15) is 5.75 Å². The molecule has 0 aromatic heterocycles. The number of hydrogen-bond acceptors (Lipinski definition) is 4. The molecule has 1 unspecified atom stereocenters. The molecule has 0 bridgehead atoms. The van der Waals surface area contributed by atoms with Crippen LogP contribution in [0.2, 0.25) is 0 Å². The normalized spacial score (nSPS) is 11.6. The highest BCUT2D eigenvalue weighted by Crippen LogP contribution is 2.22. The topological polar surface area (TPSA) is 87.7 Å². The molecule has 0 radical (unpaired) electrons. The van der Waals surface area contributed by atoms with Crippen LogP contribution >= 0.6 is 11.8 Å². The fraction of sp³-hybridized carbons (Fsp3) is 0.385. The van der Waals surface area contributed by atoms with Crippen molar-refractivity contribution in [3.63, 3.8) is 0 Å². The first-order valence-corrected chi connectivity index (χ1v) is 7.25. The Morgan fingerprint density at radius 2 is 2.15 bits per heavy atom. The average molecular weight is 298 g/mol. The number of carbonyl (C=O) groups excluding carboxylic acids is 1. The second-order valence-corrected chi connectivity index (χ2v) is 5.37. The van der Waals surface area contributed by atoms with E-state index in [0.717, 1.165) is 0 Å². The van der Waals surface area contributed by atoms with E-state index >= 15 is 0 Å². The lowest BCUT2D eigenvalue weighted by Crippen LogP contribution is -2.33. The smallest absolute Gasteiger partial charge is 0.337 e. The van der Waals surface area contributed by atoms with Crippen LogP contribution in [0.25, 0.3) is 0 Å². The van der Waals surface area contributed by atoms with Crippen molar-refractivity contribution in [2.75, 3.05) is 25.2 Å². The molecule has 1 aromatic rings. The molecule has 7 heteroatoms. The van der Waals surface area contributed by atoms with Gasteiger partial charge in [0.05, 0.1) is 18.4 Å². The molecule has 0 saturated heterocycles. The Balaban J connectivity index is 2.76. The Bertz CT molecular complexity index is 493. The molecular weight excluding hydrogens is 280 g/mol. The van der Waals surface area contributed by atoms with Crippen LogP contribution in [-0.2, 0) is 0 Å². The number of ether oxygens (including phenoxy) is 1. The Morgan fingerprint density at radius 1 is 1.45 bits per heavy atom. The van der Waals surface area contributed by atoms with Crippen LogP contribution in [0.1, 0.15) is 17.3 Å². The first kappa shape index (κ1) is 16.2. The number of urea groups is 1. The van der Waals surface area contributed by atoms with E-state index in [1.54, 1.807) is 17.8 Å². The Morgan fingerprint density at radius 3 is 2.70 bits per heavy atom. The second kappa shape index (κ2) is 7.64. The van der Waals surface area contributed by atoms with Crippen molar-refractivity contribution in [3.05, 3.63) is 23.8 Å². The van der Waals surface area contributed by atoms with Gasteiger partial charge >= 0.3 is 12.0 Å². The molecule has 110 valence electrons. The minimum Gasteiger partial charge on any atom is -0.497 e. The van der Waals surface area contributed by atoms with Gasteiger partial charge in [0, 0.05) is 11.8 Å². The number of carbonyl (C=O) groups is 2. The highest BCUT2D eigenvalue weighted by molar-refractivity contribution is 7.99. The molecule has 1 atom stereocenters. The largest absolute Gasteiger partial charge is 0.497 e. The van der Waals surface area contributed by atoms with Crippen molar-refractivity contribution >= 4 is 29.4 Å². The van der Waals surface area contributed by atoms with E-state index in [9.17, 15) is 9.59 Å². The summed E-state index contributed by atoms with van der Waals surface area (Å²) >= 11 is 1.63. The zero-order chi connectivity index (χ0) is 15.1. The Labute approximate surface area is 121 Å². The molecule has 0 aliphatic rings. The molecule has 6 nitrogen and oxygen atoms in total. The van der Waals surface area contributed by atoms with Crippen LogP contribution in [0.15, 0.2) is 18.2 Å². The number of nitrogens with one attached hydrogen (secondary N) is 2. The van der Waals surface area contributed by atoms with Crippen LogP contribution in [0.5, 0.6) is 5.75 Å². The number of amides is 2. The third-order valence-corrected chi connectivity index (χ3v) is 3.63. The van der Waals surface area contributed by atoms with E-state index in [4.69, 9.17) is 9.84 Å². The maximum absolute atomic E-state index is 11.7. The maximum Gasteiger partial charge on any atom is 0.337 e. The fourth-order valence-electron chi connectivity index (χ4n) is 1.42. The van der Waals surface area contributed by atoms with E-state index in [-0.39, 0.29) is 16.5 Å². The summed E-state index contributed by atoms with van der Waals surface area (Å²) in [6.07, 6.45) is 1.95. The van der Waals surface area contributed by atoms with Crippen LogP contribution in [0.4, 0.5) is 10.5 Å². The molecule has 0 fully saturated rings. The van der Waals surface area contributed by atoms with Gasteiger partial charge in [-0.15, -0.1) is 0 Å². The van der Waals surface area contributed by atoms with E-state index in [2.05, 4.69) is 10.6 Å². The van der Waals surface area contributed by atoms with Gasteiger partial charge in [0.15, 0.2) is 0 Å². The number of thioether (sulfide) groups is 1. The summed E-state index contributed by atoms with van der Waals surface area (Å²) in [7, 11) is 1.45. The average Bonchev–Trinajstić information content (AvgIpc) is 2.44. The number of rotatable bonds is 6. The van der Waals surface area contributed by atoms with Gasteiger partial charge in [0.25, 0.3) is 0 Å². The van der Waals surface area contributed by atoms with Gasteiger partial charge in [-0.05, 0) is 24.5 Å². The van der Waals surface area contributed by atoms with E-state index in [1.807, 2.05) is 13.2 Å². The molecule has 2 amide bonds. The standard InChI is InChI=1S/C13H18N2O4S/c1-8(20-3)7-14-13(18)15-11-5-4-9(19-2)6-10(11)12(16)17/h4-6,8H,7H2,1-3H3,(H,16,17)(H2,14,15,18). The number of methoxy groups -OCH3 is 1. The molecule has 0 aliphatic heterocycles. The van der Waals surface area contributed by atoms with Gasteiger partial charge in [-0.1, -0.05) is 6.92 Å². The van der Waals surface area contributed by atoms with Crippen molar-refractivity contribution in [3.8, 4) is 5.75 Å². The SMILES string of the molecule is COc1ccc(NC(=O)NCC(C)SC)c(C(=O)O)c1. The Kier molecular flexibility index (Phi) is 6.17. The number of aromatic carboxylic acids is 1. The second-order valence-electron chi connectivity index (χ2n) is 4.10. The number of anilines is 1. The van der Waals surface area contributed by atoms with Gasteiger partial charge in [-0.2, -0.15) is 11.8 Å². The minimum absolute atomic E-state index is 0.0163. The quantitative estimate of drug-likeness (QED) is 0.750. The summed E-state index contributed by atoms with van der Waals surface area (Å²) < 4.78 is 4.96. The molecule has 1 rings (SSSR count). The van der Waals surface area contributed by atoms with Crippen LogP contribution in [-0.4, -0.2) is 42.3 Å². The number of hydrogen-bond donors (Lipinski definition) is 3. The van der Waals surface area contributed by atoms with Gasteiger partial charge in [-0.25, -0.2) is 9.59 Å².